The van der Waals surface area contributed by atoms with E-state index in [9.17, 15) is 17.2 Å². The van der Waals surface area contributed by atoms with E-state index in [4.69, 9.17) is 0 Å². The maximum Gasteiger partial charge on any atom is 0.242 e. The molecule has 3 nitrogen and oxygen atoms in total. The van der Waals surface area contributed by atoms with Crippen LogP contribution in [-0.2, 0) is 16.4 Å². The van der Waals surface area contributed by atoms with E-state index in [1.54, 1.807) is 18.2 Å². The second-order valence-corrected chi connectivity index (χ2v) is 7.85. The second kappa shape index (κ2) is 7.16. The molecule has 0 saturated heterocycles. The smallest absolute Gasteiger partial charge is 0.211 e. The lowest BCUT2D eigenvalue weighted by Gasteiger charge is -2.11. The zero-order valence-corrected chi connectivity index (χ0v) is 15.1. The second-order valence-electron chi connectivity index (χ2n) is 4.44. The molecule has 0 atom stereocenters. The van der Waals surface area contributed by atoms with Gasteiger partial charge in [-0.05, 0) is 62.0 Å². The minimum atomic E-state index is -3.85. The van der Waals surface area contributed by atoms with Crippen LogP contribution in [0.15, 0.2) is 50.2 Å². The van der Waals surface area contributed by atoms with Gasteiger partial charge >= 0.3 is 0 Å². The summed E-state index contributed by atoms with van der Waals surface area (Å²) in [4.78, 5) is -0.0950. The number of nitrogens with one attached hydrogen (secondary N) is 1. The van der Waals surface area contributed by atoms with E-state index in [0.717, 1.165) is 12.1 Å². The van der Waals surface area contributed by atoms with Gasteiger partial charge in [0.15, 0.2) is 0 Å². The Kier molecular flexibility index (Phi) is 5.70. The Morgan fingerprint density at radius 3 is 2.23 bits per heavy atom. The largest absolute Gasteiger partial charge is 0.242 e. The summed E-state index contributed by atoms with van der Waals surface area (Å²) in [5, 5.41) is 0. The third-order valence-corrected chi connectivity index (χ3v) is 6.21. The summed E-state index contributed by atoms with van der Waals surface area (Å²) in [5.74, 6) is -0.949. The normalized spacial score (nSPS) is 11.6. The van der Waals surface area contributed by atoms with Crippen molar-refractivity contribution in [1.29, 1.82) is 0 Å². The van der Waals surface area contributed by atoms with Crippen LogP contribution in [0.2, 0.25) is 0 Å². The zero-order valence-electron chi connectivity index (χ0n) is 11.1. The standard InChI is InChI=1S/C14H11Br2F2NO2S/c15-11-7-10(17)8-12(16)14(11)22(20,21)19-6-5-9-3-1-2-4-13(9)18/h1-4,7-8,19H,5-6H2. The van der Waals surface area contributed by atoms with Crippen molar-refractivity contribution in [2.75, 3.05) is 6.54 Å². The first-order valence-electron chi connectivity index (χ1n) is 6.19. The summed E-state index contributed by atoms with van der Waals surface area (Å²) >= 11 is 6.07. The lowest BCUT2D eigenvalue weighted by molar-refractivity contribution is 0.575. The first kappa shape index (κ1) is 17.5. The Morgan fingerprint density at radius 2 is 1.64 bits per heavy atom. The number of hydrogen-bond donors (Lipinski definition) is 1. The molecular weight excluding hydrogens is 444 g/mol. The highest BCUT2D eigenvalue weighted by Gasteiger charge is 2.21. The van der Waals surface area contributed by atoms with Crippen molar-refractivity contribution in [1.82, 2.24) is 4.72 Å². The van der Waals surface area contributed by atoms with Crippen molar-refractivity contribution < 1.29 is 17.2 Å². The van der Waals surface area contributed by atoms with Crippen LogP contribution in [0.5, 0.6) is 0 Å². The summed E-state index contributed by atoms with van der Waals surface area (Å²) < 4.78 is 53.8. The van der Waals surface area contributed by atoms with Crippen LogP contribution in [0.25, 0.3) is 0 Å². The van der Waals surface area contributed by atoms with E-state index in [1.165, 1.54) is 6.07 Å². The molecule has 118 valence electrons. The molecule has 2 aromatic rings. The fourth-order valence-electron chi connectivity index (χ4n) is 1.88. The van der Waals surface area contributed by atoms with Crippen LogP contribution in [0, 0.1) is 11.6 Å². The molecule has 0 aromatic heterocycles. The fourth-order valence-corrected chi connectivity index (χ4v) is 5.43. The maximum atomic E-state index is 13.5. The molecule has 2 aromatic carbocycles. The van der Waals surface area contributed by atoms with E-state index in [1.807, 2.05) is 0 Å². The molecule has 0 amide bonds. The van der Waals surface area contributed by atoms with Gasteiger partial charge in [-0.2, -0.15) is 0 Å². The molecular formula is C14H11Br2F2NO2S. The van der Waals surface area contributed by atoms with E-state index in [0.29, 0.717) is 5.56 Å². The summed E-state index contributed by atoms with van der Waals surface area (Å²) in [6.45, 7) is 0.0273. The summed E-state index contributed by atoms with van der Waals surface area (Å²) in [6, 6.07) is 8.28. The summed E-state index contributed by atoms with van der Waals surface area (Å²) in [7, 11) is -3.85. The van der Waals surface area contributed by atoms with Crippen molar-refractivity contribution in [3.63, 3.8) is 0 Å². The Bertz CT molecular complexity index is 774. The highest BCUT2D eigenvalue weighted by molar-refractivity contribution is 9.11. The molecule has 0 aliphatic carbocycles. The lowest BCUT2D eigenvalue weighted by Crippen LogP contribution is -2.27. The van der Waals surface area contributed by atoms with E-state index in [2.05, 4.69) is 36.6 Å². The monoisotopic (exact) mass is 453 g/mol. The van der Waals surface area contributed by atoms with Crippen molar-refractivity contribution in [2.24, 2.45) is 0 Å². The van der Waals surface area contributed by atoms with Gasteiger partial charge < -0.3 is 0 Å². The Hall–Kier alpha value is -0.830. The third kappa shape index (κ3) is 4.13. The van der Waals surface area contributed by atoms with Crippen LogP contribution in [0.3, 0.4) is 0 Å². The molecule has 0 fully saturated rings. The van der Waals surface area contributed by atoms with Crippen LogP contribution >= 0.6 is 31.9 Å². The average molecular weight is 455 g/mol. The minimum Gasteiger partial charge on any atom is -0.211 e. The van der Waals surface area contributed by atoms with Gasteiger partial charge in [0, 0.05) is 15.5 Å². The van der Waals surface area contributed by atoms with Gasteiger partial charge in [-0.15, -0.1) is 0 Å². The fraction of sp³-hybridized carbons (Fsp3) is 0.143. The number of hydrogen-bond acceptors (Lipinski definition) is 2. The summed E-state index contributed by atoms with van der Waals surface area (Å²) in [6.07, 6.45) is 0.211. The molecule has 0 saturated carbocycles. The molecule has 0 radical (unpaired) electrons. The van der Waals surface area contributed by atoms with E-state index in [-0.39, 0.29) is 32.6 Å². The molecule has 22 heavy (non-hydrogen) atoms. The molecule has 2 rings (SSSR count). The molecule has 0 aliphatic rings. The number of rotatable bonds is 5. The zero-order chi connectivity index (χ0) is 16.3. The number of sulfonamides is 1. The van der Waals surface area contributed by atoms with Gasteiger partial charge in [0.1, 0.15) is 16.5 Å². The highest BCUT2D eigenvalue weighted by atomic mass is 79.9. The van der Waals surface area contributed by atoms with Crippen LogP contribution in [0.1, 0.15) is 5.56 Å². The molecule has 0 spiro atoms. The predicted molar refractivity (Wildman–Crippen MR) is 87.1 cm³/mol. The maximum absolute atomic E-state index is 13.5. The van der Waals surface area contributed by atoms with Gasteiger partial charge in [-0.3, -0.25) is 0 Å². The van der Waals surface area contributed by atoms with E-state index >= 15 is 0 Å². The third-order valence-electron chi connectivity index (χ3n) is 2.88. The molecule has 8 heteroatoms. The van der Waals surface area contributed by atoms with Crippen molar-refractivity contribution in [3.05, 3.63) is 62.5 Å². The highest BCUT2D eigenvalue weighted by Crippen LogP contribution is 2.30. The van der Waals surface area contributed by atoms with Gasteiger partial charge in [0.2, 0.25) is 10.0 Å². The Labute approximate surface area is 144 Å². The van der Waals surface area contributed by atoms with Gasteiger partial charge in [-0.25, -0.2) is 21.9 Å². The Morgan fingerprint density at radius 1 is 1.05 bits per heavy atom. The quantitative estimate of drug-likeness (QED) is 0.741. The molecule has 0 heterocycles. The predicted octanol–water partition coefficient (Wildman–Crippen LogP) is 4.01. The number of benzene rings is 2. The SMILES string of the molecule is O=S(=O)(NCCc1ccccc1F)c1c(Br)cc(F)cc1Br. The van der Waals surface area contributed by atoms with Crippen LogP contribution < -0.4 is 4.72 Å². The number of halogens is 4. The first-order chi connectivity index (χ1) is 10.3. The molecule has 1 N–H and O–H groups in total. The van der Waals surface area contributed by atoms with Crippen LogP contribution in [0.4, 0.5) is 8.78 Å². The van der Waals surface area contributed by atoms with Gasteiger partial charge in [-0.1, -0.05) is 18.2 Å². The van der Waals surface area contributed by atoms with Crippen molar-refractivity contribution in [2.45, 2.75) is 11.3 Å². The summed E-state index contributed by atoms with van der Waals surface area (Å²) in [5.41, 5.74) is 0.419. The van der Waals surface area contributed by atoms with Crippen LogP contribution in [-0.4, -0.2) is 15.0 Å². The van der Waals surface area contributed by atoms with Gasteiger partial charge in [0.25, 0.3) is 0 Å². The van der Waals surface area contributed by atoms with E-state index < -0.39 is 15.8 Å². The minimum absolute atomic E-state index is 0.0273. The van der Waals surface area contributed by atoms with Crippen molar-refractivity contribution >= 4 is 41.9 Å². The molecule has 0 aliphatic heterocycles. The lowest BCUT2D eigenvalue weighted by atomic mass is 10.1. The first-order valence-corrected chi connectivity index (χ1v) is 9.26. The Balaban J connectivity index is 2.14. The molecule has 0 bridgehead atoms. The topological polar surface area (TPSA) is 46.2 Å². The average Bonchev–Trinajstić information content (AvgIpc) is 2.39. The van der Waals surface area contributed by atoms with Gasteiger partial charge in [0.05, 0.1) is 0 Å². The molecule has 0 unspecified atom stereocenters. The van der Waals surface area contributed by atoms with Crippen molar-refractivity contribution in [3.8, 4) is 0 Å².